The summed E-state index contributed by atoms with van der Waals surface area (Å²) in [7, 11) is 0. The molecule has 2 rings (SSSR count). The number of hydrogen-bond acceptors (Lipinski definition) is 5. The van der Waals surface area contributed by atoms with Crippen molar-refractivity contribution < 1.29 is 4.74 Å². The third-order valence-corrected chi connectivity index (χ3v) is 3.01. The van der Waals surface area contributed by atoms with Gasteiger partial charge in [-0.2, -0.15) is 0 Å². The lowest BCUT2D eigenvalue weighted by atomic mass is 10.3. The molecule has 0 spiro atoms. The topological polar surface area (TPSA) is 73.1 Å². The highest BCUT2D eigenvalue weighted by molar-refractivity contribution is 5.46. The van der Waals surface area contributed by atoms with Crippen LogP contribution in [0.15, 0.2) is 6.07 Å². The smallest absolute Gasteiger partial charge is 0.158 e. The number of nitrogens with two attached hydrogens (primary N) is 1. The Morgan fingerprint density at radius 3 is 2.94 bits per heavy atom. The Kier molecular flexibility index (Phi) is 3.78. The highest BCUT2D eigenvalue weighted by Gasteiger charge is 2.35. The van der Waals surface area contributed by atoms with E-state index < -0.39 is 0 Å². The molecule has 0 amide bonds. The van der Waals surface area contributed by atoms with Crippen LogP contribution in [-0.4, -0.2) is 22.6 Å². The number of nitrogen functional groups attached to an aromatic ring is 1. The average Bonchev–Trinajstić information content (AvgIpc) is 3.04. The van der Waals surface area contributed by atoms with Crippen LogP contribution in [-0.2, 0) is 11.3 Å². The van der Waals surface area contributed by atoms with Crippen molar-refractivity contribution in [1.82, 2.24) is 9.97 Å². The van der Waals surface area contributed by atoms with Gasteiger partial charge in [-0.25, -0.2) is 9.97 Å². The molecule has 1 fully saturated rings. The van der Waals surface area contributed by atoms with Crippen molar-refractivity contribution >= 4 is 11.6 Å². The number of nitrogens with zero attached hydrogens (tertiary/aromatic N) is 2. The van der Waals surface area contributed by atoms with E-state index in [1.165, 1.54) is 12.8 Å². The summed E-state index contributed by atoms with van der Waals surface area (Å²) >= 11 is 0. The molecule has 1 aromatic heterocycles. The summed E-state index contributed by atoms with van der Waals surface area (Å²) < 4.78 is 5.28. The van der Waals surface area contributed by atoms with E-state index in [0.29, 0.717) is 30.9 Å². The number of ether oxygens (including phenoxy) is 1. The molecule has 0 aliphatic heterocycles. The van der Waals surface area contributed by atoms with E-state index >= 15 is 0 Å². The normalized spacial score (nSPS) is 22.5. The second-order valence-electron chi connectivity index (χ2n) is 4.39. The van der Waals surface area contributed by atoms with Gasteiger partial charge in [-0.05, 0) is 19.3 Å². The van der Waals surface area contributed by atoms with Crippen molar-refractivity contribution in [3.05, 3.63) is 11.9 Å². The molecule has 5 nitrogen and oxygen atoms in total. The summed E-state index contributed by atoms with van der Waals surface area (Å²) in [4.78, 5) is 8.53. The van der Waals surface area contributed by atoms with Crippen LogP contribution in [0.3, 0.4) is 0 Å². The molecular formula is C12H20N4O. The lowest BCUT2D eigenvalue weighted by Gasteiger charge is -2.08. The summed E-state index contributed by atoms with van der Waals surface area (Å²) in [5.74, 6) is 2.73. The minimum atomic E-state index is 0.415. The molecule has 3 N–H and O–H groups in total. The summed E-state index contributed by atoms with van der Waals surface area (Å²) in [6.07, 6.45) is 2.44. The lowest BCUT2D eigenvalue weighted by Crippen LogP contribution is -2.10. The van der Waals surface area contributed by atoms with Crippen LogP contribution in [0, 0.1) is 5.92 Å². The van der Waals surface area contributed by atoms with Gasteiger partial charge in [-0.15, -0.1) is 0 Å². The largest absolute Gasteiger partial charge is 0.384 e. The van der Waals surface area contributed by atoms with Gasteiger partial charge in [0.2, 0.25) is 0 Å². The first kappa shape index (κ1) is 12.1. The molecular weight excluding hydrogens is 216 g/mol. The Hall–Kier alpha value is -1.36. The molecule has 2 atom stereocenters. The first-order valence-electron chi connectivity index (χ1n) is 6.20. The zero-order chi connectivity index (χ0) is 12.3. The van der Waals surface area contributed by atoms with Gasteiger partial charge in [0.05, 0.1) is 0 Å². The maximum absolute atomic E-state index is 5.75. The third-order valence-electron chi connectivity index (χ3n) is 3.01. The van der Waals surface area contributed by atoms with Crippen LogP contribution >= 0.6 is 0 Å². The predicted molar refractivity (Wildman–Crippen MR) is 67.6 cm³/mol. The molecule has 0 aromatic carbocycles. The van der Waals surface area contributed by atoms with Gasteiger partial charge in [0.15, 0.2) is 5.82 Å². The quantitative estimate of drug-likeness (QED) is 0.788. The SMILES string of the molecule is CCOCc1nc(N)cc(NC2CC2CC)n1. The Morgan fingerprint density at radius 2 is 2.29 bits per heavy atom. The number of nitrogens with one attached hydrogen (secondary N) is 1. The highest BCUT2D eigenvalue weighted by atomic mass is 16.5. The third kappa shape index (κ3) is 3.30. The first-order chi connectivity index (χ1) is 8.22. The molecule has 1 aliphatic carbocycles. The molecule has 1 heterocycles. The van der Waals surface area contributed by atoms with Crippen molar-refractivity contribution in [2.45, 2.75) is 39.3 Å². The van der Waals surface area contributed by atoms with Crippen molar-refractivity contribution in [2.24, 2.45) is 5.92 Å². The fraction of sp³-hybridized carbons (Fsp3) is 0.667. The molecule has 1 saturated carbocycles. The summed E-state index contributed by atoms with van der Waals surface area (Å²) in [5, 5.41) is 3.39. The summed E-state index contributed by atoms with van der Waals surface area (Å²) in [5.41, 5.74) is 5.75. The highest BCUT2D eigenvalue weighted by Crippen LogP contribution is 2.35. The van der Waals surface area contributed by atoms with E-state index in [1.54, 1.807) is 6.07 Å². The Bertz CT molecular complexity index is 383. The fourth-order valence-electron chi connectivity index (χ4n) is 1.92. The van der Waals surface area contributed by atoms with E-state index in [-0.39, 0.29) is 0 Å². The molecule has 1 aromatic rings. The molecule has 0 radical (unpaired) electrons. The van der Waals surface area contributed by atoms with Gasteiger partial charge >= 0.3 is 0 Å². The Labute approximate surface area is 102 Å². The molecule has 0 saturated heterocycles. The summed E-state index contributed by atoms with van der Waals surface area (Å²) in [6.45, 7) is 5.22. The second kappa shape index (κ2) is 5.31. The van der Waals surface area contributed by atoms with Gasteiger partial charge < -0.3 is 15.8 Å². The monoisotopic (exact) mass is 236 g/mol. The fourth-order valence-corrected chi connectivity index (χ4v) is 1.92. The van der Waals surface area contributed by atoms with Crippen LogP contribution in [0.2, 0.25) is 0 Å². The van der Waals surface area contributed by atoms with E-state index in [2.05, 4.69) is 22.2 Å². The maximum atomic E-state index is 5.75. The van der Waals surface area contributed by atoms with Crippen molar-refractivity contribution in [3.8, 4) is 0 Å². The van der Waals surface area contributed by atoms with Gasteiger partial charge in [0.1, 0.15) is 18.2 Å². The van der Waals surface area contributed by atoms with Gasteiger partial charge in [-0.3, -0.25) is 0 Å². The van der Waals surface area contributed by atoms with Crippen LogP contribution in [0.5, 0.6) is 0 Å². The zero-order valence-electron chi connectivity index (χ0n) is 10.4. The van der Waals surface area contributed by atoms with Crippen molar-refractivity contribution in [3.63, 3.8) is 0 Å². The van der Waals surface area contributed by atoms with Gasteiger partial charge in [0, 0.05) is 18.7 Å². The van der Waals surface area contributed by atoms with Crippen LogP contribution in [0.1, 0.15) is 32.5 Å². The standard InChI is InChI=1S/C12H20N4O/c1-3-8-5-9(8)14-11-6-10(13)15-12(16-11)7-17-4-2/h6,8-9H,3-5,7H2,1-2H3,(H3,13,14,15,16). The number of anilines is 2. The van der Waals surface area contributed by atoms with E-state index in [9.17, 15) is 0 Å². The van der Waals surface area contributed by atoms with Crippen LogP contribution < -0.4 is 11.1 Å². The Morgan fingerprint density at radius 1 is 1.47 bits per heavy atom. The van der Waals surface area contributed by atoms with Gasteiger partial charge in [0.25, 0.3) is 0 Å². The number of aromatic nitrogens is 2. The second-order valence-corrected chi connectivity index (χ2v) is 4.39. The average molecular weight is 236 g/mol. The van der Waals surface area contributed by atoms with Crippen LogP contribution in [0.25, 0.3) is 0 Å². The summed E-state index contributed by atoms with van der Waals surface area (Å²) in [6, 6.07) is 2.33. The predicted octanol–water partition coefficient (Wildman–Crippen LogP) is 1.81. The van der Waals surface area contributed by atoms with E-state index in [0.717, 1.165) is 11.7 Å². The maximum Gasteiger partial charge on any atom is 0.158 e. The molecule has 2 unspecified atom stereocenters. The van der Waals surface area contributed by atoms with Gasteiger partial charge in [-0.1, -0.05) is 13.3 Å². The molecule has 17 heavy (non-hydrogen) atoms. The zero-order valence-corrected chi connectivity index (χ0v) is 10.4. The lowest BCUT2D eigenvalue weighted by molar-refractivity contribution is 0.128. The van der Waals surface area contributed by atoms with E-state index in [1.807, 2.05) is 6.92 Å². The number of hydrogen-bond donors (Lipinski definition) is 2. The number of rotatable bonds is 6. The molecule has 1 aliphatic rings. The van der Waals surface area contributed by atoms with Crippen molar-refractivity contribution in [2.75, 3.05) is 17.7 Å². The first-order valence-corrected chi connectivity index (χ1v) is 6.20. The van der Waals surface area contributed by atoms with Crippen molar-refractivity contribution in [1.29, 1.82) is 0 Å². The van der Waals surface area contributed by atoms with Crippen LogP contribution in [0.4, 0.5) is 11.6 Å². The Balaban J connectivity index is 1.99. The van der Waals surface area contributed by atoms with E-state index in [4.69, 9.17) is 10.5 Å². The molecule has 5 heteroatoms. The minimum absolute atomic E-state index is 0.415. The minimum Gasteiger partial charge on any atom is -0.384 e. The molecule has 94 valence electrons. The molecule has 0 bridgehead atoms.